The summed E-state index contributed by atoms with van der Waals surface area (Å²) < 4.78 is 13.1. The van der Waals surface area contributed by atoms with Crippen molar-refractivity contribution in [2.24, 2.45) is 0 Å². The number of unbranched alkanes of at least 4 members (excludes halogenated alkanes) is 3. The first-order chi connectivity index (χ1) is 25.3. The van der Waals surface area contributed by atoms with E-state index in [9.17, 15) is 19.5 Å². The Balaban J connectivity index is 1.19. The van der Waals surface area contributed by atoms with Crippen LogP contribution in [0.3, 0.4) is 0 Å². The Labute approximate surface area is 309 Å². The molecule has 10 nitrogen and oxygen atoms in total. The van der Waals surface area contributed by atoms with Crippen LogP contribution >= 0.6 is 11.8 Å². The maximum Gasteiger partial charge on any atom is 0.243 e. The van der Waals surface area contributed by atoms with Gasteiger partial charge in [-0.05, 0) is 71.0 Å². The molecule has 0 unspecified atom stereocenters. The number of hydroxylamine groups is 1. The number of anilines is 1. The zero-order valence-corrected chi connectivity index (χ0v) is 30.2. The molecule has 1 aliphatic heterocycles. The highest BCUT2D eigenvalue weighted by Crippen LogP contribution is 2.40. The van der Waals surface area contributed by atoms with Crippen molar-refractivity contribution in [2.75, 3.05) is 11.1 Å². The zero-order chi connectivity index (χ0) is 36.7. The average Bonchev–Trinajstić information content (AvgIpc) is 3.18. The zero-order valence-electron chi connectivity index (χ0n) is 29.4. The Morgan fingerprint density at radius 2 is 1.46 bits per heavy atom. The van der Waals surface area contributed by atoms with Gasteiger partial charge in [-0.1, -0.05) is 79.6 Å². The minimum atomic E-state index is -0.570. The quantitative estimate of drug-likeness (QED) is 0.0324. The summed E-state index contributed by atoms with van der Waals surface area (Å²) >= 11 is 1.70. The summed E-state index contributed by atoms with van der Waals surface area (Å²) in [5.74, 6) is 0.226. The van der Waals surface area contributed by atoms with Crippen LogP contribution < -0.4 is 16.1 Å². The first-order valence-corrected chi connectivity index (χ1v) is 18.7. The molecule has 274 valence electrons. The molecule has 52 heavy (non-hydrogen) atoms. The molecule has 5 rings (SSSR count). The molecule has 0 radical (unpaired) electrons. The lowest BCUT2D eigenvalue weighted by Crippen LogP contribution is -2.31. The van der Waals surface area contributed by atoms with Gasteiger partial charge in [0.1, 0.15) is 0 Å². The van der Waals surface area contributed by atoms with E-state index in [1.54, 1.807) is 17.2 Å². The number of amides is 3. The number of rotatable bonds is 17. The van der Waals surface area contributed by atoms with E-state index in [4.69, 9.17) is 14.7 Å². The van der Waals surface area contributed by atoms with Crippen molar-refractivity contribution >= 4 is 35.2 Å². The highest BCUT2D eigenvalue weighted by Gasteiger charge is 2.32. The minimum absolute atomic E-state index is 0.00504. The van der Waals surface area contributed by atoms with Gasteiger partial charge in [0.25, 0.3) is 0 Å². The van der Waals surface area contributed by atoms with Crippen LogP contribution in [0.5, 0.6) is 0 Å². The van der Waals surface area contributed by atoms with Crippen molar-refractivity contribution in [3.8, 4) is 11.1 Å². The number of ether oxygens (including phenoxy) is 2. The average molecular weight is 726 g/mol. The van der Waals surface area contributed by atoms with Crippen LogP contribution in [0, 0.1) is 0 Å². The van der Waals surface area contributed by atoms with Crippen molar-refractivity contribution in [3.05, 3.63) is 119 Å². The molecule has 4 aromatic carbocycles. The number of aliphatic hydroxyl groups excluding tert-OH is 1. The van der Waals surface area contributed by atoms with Crippen LogP contribution in [0.25, 0.3) is 11.1 Å². The predicted molar refractivity (Wildman–Crippen MR) is 201 cm³/mol. The molecule has 3 atom stereocenters. The van der Waals surface area contributed by atoms with Crippen LogP contribution in [0.15, 0.2) is 102 Å². The van der Waals surface area contributed by atoms with E-state index in [1.165, 1.54) is 6.92 Å². The summed E-state index contributed by atoms with van der Waals surface area (Å²) in [6, 6.07) is 31.9. The van der Waals surface area contributed by atoms with Crippen LogP contribution in [0.2, 0.25) is 0 Å². The molecular formula is C41H47N3O7S. The number of hydrogen-bond donors (Lipinski definition) is 5. The van der Waals surface area contributed by atoms with Gasteiger partial charge in [0.05, 0.1) is 18.8 Å². The largest absolute Gasteiger partial charge is 0.392 e. The van der Waals surface area contributed by atoms with Crippen LogP contribution in [0.1, 0.15) is 86.5 Å². The number of carbonyl (C=O) groups excluding carboxylic acids is 3. The molecule has 1 fully saturated rings. The van der Waals surface area contributed by atoms with E-state index in [1.807, 2.05) is 78.9 Å². The SMILES string of the molecule is CC(=O)Nc1ccc(SC[C@@H]2C[C@H](c3ccc(CO)cc3)O[C@H](c3ccc(-c4cccc(CNC(=O)CCCCCCC(=O)NO)c4)cc3)O2)cc1. The molecule has 1 aliphatic rings. The Morgan fingerprint density at radius 3 is 2.13 bits per heavy atom. The summed E-state index contributed by atoms with van der Waals surface area (Å²) in [4.78, 5) is 36.0. The molecule has 0 spiro atoms. The fraction of sp³-hybridized carbons (Fsp3) is 0.341. The van der Waals surface area contributed by atoms with Gasteiger partial charge in [0.2, 0.25) is 17.7 Å². The van der Waals surface area contributed by atoms with Gasteiger partial charge in [-0.2, -0.15) is 0 Å². The molecule has 4 aromatic rings. The molecule has 0 aliphatic carbocycles. The number of aliphatic hydroxyl groups is 1. The number of thioether (sulfide) groups is 1. The molecule has 0 bridgehead atoms. The smallest absolute Gasteiger partial charge is 0.243 e. The van der Waals surface area contributed by atoms with Crippen LogP contribution in [-0.4, -0.2) is 39.9 Å². The van der Waals surface area contributed by atoms with Crippen molar-refractivity contribution in [2.45, 2.75) is 88.4 Å². The Hall–Kier alpha value is -4.52. The van der Waals surface area contributed by atoms with E-state index in [0.717, 1.165) is 69.0 Å². The van der Waals surface area contributed by atoms with Gasteiger partial charge in [-0.25, -0.2) is 5.48 Å². The Bertz CT molecular complexity index is 1750. The Kier molecular flexibility index (Phi) is 14.8. The molecule has 5 N–H and O–H groups in total. The third-order valence-corrected chi connectivity index (χ3v) is 9.98. The van der Waals surface area contributed by atoms with Crippen molar-refractivity contribution in [1.29, 1.82) is 0 Å². The number of benzene rings is 4. The van der Waals surface area contributed by atoms with Gasteiger partial charge in [-0.3, -0.25) is 19.6 Å². The maximum atomic E-state index is 12.4. The predicted octanol–water partition coefficient (Wildman–Crippen LogP) is 7.60. The number of hydrogen-bond acceptors (Lipinski definition) is 8. The summed E-state index contributed by atoms with van der Waals surface area (Å²) in [7, 11) is 0. The van der Waals surface area contributed by atoms with Crippen molar-refractivity contribution in [1.82, 2.24) is 10.8 Å². The van der Waals surface area contributed by atoms with E-state index in [-0.39, 0.29) is 43.0 Å². The van der Waals surface area contributed by atoms with Gasteiger partial charge in [0, 0.05) is 54.6 Å². The van der Waals surface area contributed by atoms with E-state index >= 15 is 0 Å². The normalized spacial score (nSPS) is 16.9. The topological polar surface area (TPSA) is 146 Å². The molecular weight excluding hydrogens is 679 g/mol. The third-order valence-electron chi connectivity index (χ3n) is 8.84. The number of carbonyl (C=O) groups is 3. The van der Waals surface area contributed by atoms with Gasteiger partial charge in [0.15, 0.2) is 6.29 Å². The van der Waals surface area contributed by atoms with E-state index in [0.29, 0.717) is 25.8 Å². The fourth-order valence-electron chi connectivity index (χ4n) is 6.01. The van der Waals surface area contributed by atoms with Gasteiger partial charge >= 0.3 is 0 Å². The lowest BCUT2D eigenvalue weighted by Gasteiger charge is -2.36. The van der Waals surface area contributed by atoms with Crippen LogP contribution in [0.4, 0.5) is 5.69 Å². The monoisotopic (exact) mass is 725 g/mol. The van der Waals surface area contributed by atoms with E-state index in [2.05, 4.69) is 28.8 Å². The van der Waals surface area contributed by atoms with E-state index < -0.39 is 6.29 Å². The second-order valence-corrected chi connectivity index (χ2v) is 14.0. The second-order valence-electron chi connectivity index (χ2n) is 12.9. The molecule has 3 amide bonds. The van der Waals surface area contributed by atoms with Crippen molar-refractivity contribution < 1.29 is 34.2 Å². The minimum Gasteiger partial charge on any atom is -0.392 e. The first kappa shape index (κ1) is 38.7. The van der Waals surface area contributed by atoms with Crippen LogP contribution in [-0.2, 0) is 37.0 Å². The molecule has 1 saturated heterocycles. The fourth-order valence-corrected chi connectivity index (χ4v) is 6.93. The molecule has 11 heteroatoms. The first-order valence-electron chi connectivity index (χ1n) is 17.7. The van der Waals surface area contributed by atoms with Crippen molar-refractivity contribution in [3.63, 3.8) is 0 Å². The summed E-state index contributed by atoms with van der Waals surface area (Å²) in [5.41, 5.74) is 8.26. The standard InChI is InChI=1S/C41H47N3O7S/c1-28(46)43-35-19-21-37(22-20-35)52-27-36-24-38(32-13-11-29(26-45)12-14-32)51-41(50-36)33-17-15-31(16-18-33)34-8-6-7-30(23-34)25-42-39(47)9-4-2-3-5-10-40(48)44-49/h6-8,11-23,36,38,41,45,49H,2-5,9-10,24-27H2,1H3,(H,42,47)(H,43,46)(H,44,48)/t36-,38+,41+/m0/s1. The lowest BCUT2D eigenvalue weighted by atomic mass is 9.99. The highest BCUT2D eigenvalue weighted by atomic mass is 32.2. The lowest BCUT2D eigenvalue weighted by molar-refractivity contribution is -0.245. The maximum absolute atomic E-state index is 12.4. The molecule has 1 heterocycles. The summed E-state index contributed by atoms with van der Waals surface area (Å²) in [6.45, 7) is 1.91. The number of nitrogens with one attached hydrogen (secondary N) is 3. The molecule has 0 saturated carbocycles. The highest BCUT2D eigenvalue weighted by molar-refractivity contribution is 7.99. The second kappa shape index (κ2) is 19.9. The Morgan fingerprint density at radius 1 is 0.769 bits per heavy atom. The summed E-state index contributed by atoms with van der Waals surface area (Å²) in [5, 5.41) is 23.9. The molecule has 0 aromatic heterocycles. The third kappa shape index (κ3) is 12.0. The summed E-state index contributed by atoms with van der Waals surface area (Å²) in [6.07, 6.45) is 3.66. The van der Waals surface area contributed by atoms with Gasteiger partial charge in [-0.15, -0.1) is 11.8 Å². The van der Waals surface area contributed by atoms with Gasteiger partial charge < -0.3 is 25.2 Å².